The highest BCUT2D eigenvalue weighted by molar-refractivity contribution is 7.99. The third-order valence-electron chi connectivity index (χ3n) is 4.61. The Morgan fingerprint density at radius 3 is 2.65 bits per heavy atom. The molecule has 0 fully saturated rings. The van der Waals surface area contributed by atoms with Gasteiger partial charge in [0.25, 0.3) is 0 Å². The van der Waals surface area contributed by atoms with Crippen molar-refractivity contribution in [2.75, 3.05) is 19.3 Å². The van der Waals surface area contributed by atoms with E-state index in [1.807, 2.05) is 24.3 Å². The highest BCUT2D eigenvalue weighted by Crippen LogP contribution is 2.30. The number of aryl methyl sites for hydroxylation is 1. The number of benzene rings is 2. The van der Waals surface area contributed by atoms with E-state index >= 15 is 0 Å². The number of aromatic nitrogens is 1. The van der Waals surface area contributed by atoms with E-state index in [1.165, 1.54) is 4.88 Å². The summed E-state index contributed by atoms with van der Waals surface area (Å²) in [6, 6.07) is 12.5. The Labute approximate surface area is 194 Å². The zero-order valence-corrected chi connectivity index (χ0v) is 19.6. The second kappa shape index (κ2) is 10.9. The molecule has 0 unspecified atom stereocenters. The zero-order chi connectivity index (χ0) is 22.4. The fourth-order valence-electron chi connectivity index (χ4n) is 2.96. The van der Waals surface area contributed by atoms with Gasteiger partial charge in [0.15, 0.2) is 0 Å². The Bertz CT molecular complexity index is 1070. The molecule has 9 heteroatoms. The normalized spacial score (nSPS) is 11.1. The first-order chi connectivity index (χ1) is 14.9. The number of halogens is 1. The van der Waals surface area contributed by atoms with Gasteiger partial charge in [0.2, 0.25) is 0 Å². The first-order valence-corrected chi connectivity index (χ1v) is 11.8. The smallest absolute Gasteiger partial charge is 0.307 e. The summed E-state index contributed by atoms with van der Waals surface area (Å²) >= 11 is 9.59. The molecule has 1 heterocycles. The minimum absolute atomic E-state index is 0.0273. The minimum atomic E-state index is -0.867. The largest absolute Gasteiger partial charge is 0.481 e. The lowest BCUT2D eigenvalue weighted by molar-refractivity contribution is -0.136. The molecule has 0 saturated carbocycles. The predicted octanol–water partition coefficient (Wildman–Crippen LogP) is 6.02. The number of carbonyl (C=O) groups is 1. The zero-order valence-electron chi connectivity index (χ0n) is 17.2. The lowest BCUT2D eigenvalue weighted by Crippen LogP contribution is -2.21. The molecule has 0 radical (unpaired) electrons. The number of thioether (sulfide) groups is 1. The number of nitroso groups, excluding NO2 is 1. The number of thiazole rings is 1. The summed E-state index contributed by atoms with van der Waals surface area (Å²) in [4.78, 5) is 30.5. The van der Waals surface area contributed by atoms with Gasteiger partial charge in [0.1, 0.15) is 10.7 Å². The number of aliphatic carboxylic acids is 1. The molecule has 0 bridgehead atoms. The molecule has 2 aromatic carbocycles. The van der Waals surface area contributed by atoms with Gasteiger partial charge in [-0.05, 0) is 61.1 Å². The Morgan fingerprint density at radius 1 is 1.26 bits per heavy atom. The van der Waals surface area contributed by atoms with E-state index in [9.17, 15) is 9.70 Å². The molecule has 0 saturated heterocycles. The van der Waals surface area contributed by atoms with Gasteiger partial charge < -0.3 is 5.11 Å². The highest BCUT2D eigenvalue weighted by Gasteiger charge is 2.12. The molecule has 31 heavy (non-hydrogen) atoms. The van der Waals surface area contributed by atoms with Crippen molar-refractivity contribution < 1.29 is 9.90 Å². The van der Waals surface area contributed by atoms with Gasteiger partial charge >= 0.3 is 5.97 Å². The van der Waals surface area contributed by atoms with Crippen LogP contribution in [0.1, 0.15) is 16.1 Å². The van der Waals surface area contributed by atoms with Crippen LogP contribution in [0.5, 0.6) is 0 Å². The lowest BCUT2D eigenvalue weighted by Gasteiger charge is -2.16. The van der Waals surface area contributed by atoms with Crippen molar-refractivity contribution in [3.8, 4) is 10.6 Å². The summed E-state index contributed by atoms with van der Waals surface area (Å²) in [5.41, 5.74) is 3.13. The Morgan fingerprint density at radius 2 is 2.00 bits per heavy atom. The predicted molar refractivity (Wildman–Crippen MR) is 128 cm³/mol. The van der Waals surface area contributed by atoms with E-state index in [1.54, 1.807) is 41.3 Å². The molecule has 162 valence electrons. The van der Waals surface area contributed by atoms with E-state index in [2.05, 4.69) is 24.0 Å². The average molecular weight is 476 g/mol. The van der Waals surface area contributed by atoms with Gasteiger partial charge in [-0.15, -0.1) is 28.0 Å². The molecule has 1 N–H and O–H groups in total. The number of carboxylic acids is 1. The van der Waals surface area contributed by atoms with Crippen LogP contribution in [0.2, 0.25) is 5.02 Å². The van der Waals surface area contributed by atoms with Crippen molar-refractivity contribution >= 4 is 46.4 Å². The van der Waals surface area contributed by atoms with Gasteiger partial charge in [-0.3, -0.25) is 9.69 Å². The van der Waals surface area contributed by atoms with E-state index in [0.717, 1.165) is 40.0 Å². The summed E-state index contributed by atoms with van der Waals surface area (Å²) in [6.07, 6.45) is -0.0273. The Balaban J connectivity index is 1.54. The second-order valence-electron chi connectivity index (χ2n) is 7.08. The number of carboxylic acid groups (broad SMARTS) is 1. The second-order valence-corrected chi connectivity index (χ2v) is 9.83. The fourth-order valence-corrected chi connectivity index (χ4v) is 5.23. The number of hydrogen-bond acceptors (Lipinski definition) is 7. The fraction of sp³-hybridized carbons (Fsp3) is 0.273. The van der Waals surface area contributed by atoms with Crippen LogP contribution in [0.3, 0.4) is 0 Å². The van der Waals surface area contributed by atoms with Crippen LogP contribution in [0.15, 0.2) is 52.5 Å². The topological polar surface area (TPSA) is 82.9 Å². The molecule has 0 aliphatic carbocycles. The van der Waals surface area contributed by atoms with Gasteiger partial charge in [-0.2, -0.15) is 0 Å². The maximum Gasteiger partial charge on any atom is 0.307 e. The van der Waals surface area contributed by atoms with E-state index in [-0.39, 0.29) is 6.42 Å². The van der Waals surface area contributed by atoms with Gasteiger partial charge in [0.05, 0.1) is 17.1 Å². The average Bonchev–Trinajstić information content (AvgIpc) is 3.09. The van der Waals surface area contributed by atoms with Crippen molar-refractivity contribution in [1.82, 2.24) is 9.88 Å². The first-order valence-electron chi connectivity index (χ1n) is 9.57. The van der Waals surface area contributed by atoms with Gasteiger partial charge in [0, 0.05) is 34.2 Å². The maximum atomic E-state index is 10.8. The van der Waals surface area contributed by atoms with Crippen LogP contribution in [0, 0.1) is 11.8 Å². The molecule has 3 rings (SSSR count). The molecular formula is C22H22ClN3O3S2. The third kappa shape index (κ3) is 6.61. The molecule has 3 aromatic rings. The van der Waals surface area contributed by atoms with Crippen LogP contribution in [-0.4, -0.2) is 40.3 Å². The SMILES string of the molecule is Cc1sc(-c2ccc(N=O)cc2)nc1CN(C)CCSc1ccc(CC(=O)O)cc1Cl. The van der Waals surface area contributed by atoms with Crippen LogP contribution >= 0.6 is 34.7 Å². The van der Waals surface area contributed by atoms with E-state index < -0.39 is 5.97 Å². The monoisotopic (exact) mass is 475 g/mol. The number of rotatable bonds is 10. The standard InChI is InChI=1S/C22H22ClN3O3S2/c1-14-19(24-22(31-14)16-4-6-17(25-29)7-5-16)13-26(2)9-10-30-20-8-3-15(11-18(20)23)12-21(27)28/h3-8,11H,9-10,12-13H2,1-2H3,(H,27,28). The van der Waals surface area contributed by atoms with Crippen LogP contribution in [-0.2, 0) is 17.8 Å². The summed E-state index contributed by atoms with van der Waals surface area (Å²) in [5, 5.41) is 13.3. The summed E-state index contributed by atoms with van der Waals surface area (Å²) in [5.74, 6) is -0.0152. The Kier molecular flexibility index (Phi) is 8.20. The van der Waals surface area contributed by atoms with Gasteiger partial charge in [-0.25, -0.2) is 4.98 Å². The van der Waals surface area contributed by atoms with Crippen LogP contribution in [0.25, 0.3) is 10.6 Å². The van der Waals surface area contributed by atoms with Crippen molar-refractivity contribution in [2.24, 2.45) is 5.18 Å². The van der Waals surface area contributed by atoms with E-state index in [4.69, 9.17) is 21.7 Å². The van der Waals surface area contributed by atoms with Crippen molar-refractivity contribution in [3.63, 3.8) is 0 Å². The number of hydrogen-bond donors (Lipinski definition) is 1. The van der Waals surface area contributed by atoms with Crippen molar-refractivity contribution in [1.29, 1.82) is 0 Å². The minimum Gasteiger partial charge on any atom is -0.481 e. The highest BCUT2D eigenvalue weighted by atomic mass is 35.5. The number of nitrogens with zero attached hydrogens (tertiary/aromatic N) is 3. The quantitative estimate of drug-likeness (QED) is 0.285. The van der Waals surface area contributed by atoms with Crippen LogP contribution < -0.4 is 0 Å². The summed E-state index contributed by atoms with van der Waals surface area (Å²) < 4.78 is 0. The molecule has 0 amide bonds. The lowest BCUT2D eigenvalue weighted by atomic mass is 10.1. The van der Waals surface area contributed by atoms with Crippen LogP contribution in [0.4, 0.5) is 5.69 Å². The third-order valence-corrected chi connectivity index (χ3v) is 7.15. The summed E-state index contributed by atoms with van der Waals surface area (Å²) in [7, 11) is 2.06. The van der Waals surface area contributed by atoms with Crippen molar-refractivity contribution in [3.05, 3.63) is 68.5 Å². The molecule has 0 aliphatic rings. The molecule has 6 nitrogen and oxygen atoms in total. The van der Waals surface area contributed by atoms with Gasteiger partial charge in [-0.1, -0.05) is 17.7 Å². The molecule has 0 atom stereocenters. The van der Waals surface area contributed by atoms with E-state index in [0.29, 0.717) is 16.3 Å². The first kappa shape index (κ1) is 23.4. The molecule has 0 spiro atoms. The Hall–Kier alpha value is -2.26. The molecule has 0 aliphatic heterocycles. The molecular weight excluding hydrogens is 454 g/mol. The molecule has 1 aromatic heterocycles. The van der Waals surface area contributed by atoms with Crippen molar-refractivity contribution in [2.45, 2.75) is 24.8 Å². The maximum absolute atomic E-state index is 10.8. The summed E-state index contributed by atoms with van der Waals surface area (Å²) in [6.45, 7) is 3.66.